The van der Waals surface area contributed by atoms with Crippen LogP contribution in [-0.4, -0.2) is 21.0 Å². The molecule has 35 heavy (non-hydrogen) atoms. The van der Waals surface area contributed by atoms with Crippen LogP contribution in [0.4, 0.5) is 17.1 Å². The largest absolute Gasteiger partial charge is 0.339 e. The summed E-state index contributed by atoms with van der Waals surface area (Å²) < 4.78 is -1.86. The summed E-state index contributed by atoms with van der Waals surface area (Å²) in [4.78, 5) is 12.6. The summed E-state index contributed by atoms with van der Waals surface area (Å²) in [6.07, 6.45) is -1.08. The van der Waals surface area contributed by atoms with Crippen LogP contribution >= 0.6 is 47.0 Å². The average molecular weight is 549 g/mol. The number of nitrogens with zero attached hydrogens (tertiary/aromatic N) is 2. The van der Waals surface area contributed by atoms with Crippen molar-refractivity contribution in [1.29, 1.82) is 0 Å². The topological polar surface area (TPSA) is 77.9 Å². The summed E-state index contributed by atoms with van der Waals surface area (Å²) in [7, 11) is 0. The van der Waals surface area contributed by atoms with Gasteiger partial charge in [-0.1, -0.05) is 70.7 Å². The zero-order chi connectivity index (χ0) is 25.6. The van der Waals surface area contributed by atoms with Gasteiger partial charge in [0, 0.05) is 11.3 Å². The highest BCUT2D eigenvalue weighted by Gasteiger charge is 2.35. The number of thiocarbonyl (C=S) groups is 1. The van der Waals surface area contributed by atoms with E-state index in [-0.39, 0.29) is 5.11 Å². The number of halogens is 3. The number of nitrogens with one attached hydrogen (secondary N) is 3. The lowest BCUT2D eigenvalue weighted by Gasteiger charge is -2.28. The van der Waals surface area contributed by atoms with Gasteiger partial charge in [-0.15, -0.1) is 0 Å². The number of amides is 1. The van der Waals surface area contributed by atoms with E-state index in [1.54, 1.807) is 12.1 Å². The molecule has 0 unspecified atom stereocenters. The van der Waals surface area contributed by atoms with Gasteiger partial charge >= 0.3 is 0 Å². The first-order valence-corrected chi connectivity index (χ1v) is 12.2. The number of anilines is 1. The standard InChI is InChI=1S/C25H24Cl3N5OS/c1-15-8-10-18(11-9-15)22(34)30-23(25(26,27)28)31-24(35)29-20-13-12-19(14-17(20)3)32-33-21-7-5-4-6-16(21)2/h4-14,23H,1-3H3,(H,30,34)(H2,29,31,35)/t23-/m0/s1. The molecule has 3 rings (SSSR count). The molecule has 0 aliphatic heterocycles. The van der Waals surface area contributed by atoms with Crippen LogP contribution < -0.4 is 16.0 Å². The van der Waals surface area contributed by atoms with Crippen LogP contribution in [0.5, 0.6) is 0 Å². The van der Waals surface area contributed by atoms with Gasteiger partial charge in [-0.2, -0.15) is 10.2 Å². The SMILES string of the molecule is Cc1ccc(C(=O)N[C@@H](NC(=S)Nc2ccc(N=Nc3ccccc3C)cc2C)C(Cl)(Cl)Cl)cc1. The van der Waals surface area contributed by atoms with Gasteiger partial charge in [-0.25, -0.2) is 0 Å². The third-order valence-corrected chi connectivity index (χ3v) is 5.91. The summed E-state index contributed by atoms with van der Waals surface area (Å²) in [6.45, 7) is 5.82. The smallest absolute Gasteiger partial charge is 0.252 e. The van der Waals surface area contributed by atoms with Crippen molar-refractivity contribution in [2.45, 2.75) is 30.7 Å². The molecule has 0 aromatic heterocycles. The molecule has 3 aromatic carbocycles. The quantitative estimate of drug-likeness (QED) is 0.129. The molecule has 182 valence electrons. The Morgan fingerprint density at radius 1 is 0.886 bits per heavy atom. The van der Waals surface area contributed by atoms with Crippen molar-refractivity contribution in [1.82, 2.24) is 10.6 Å². The first-order valence-electron chi connectivity index (χ1n) is 10.6. The normalized spacial score (nSPS) is 12.3. The second-order valence-corrected chi connectivity index (χ2v) is 10.7. The fourth-order valence-electron chi connectivity index (χ4n) is 3.05. The van der Waals surface area contributed by atoms with Gasteiger partial charge in [0.2, 0.25) is 3.79 Å². The molecular formula is C25H24Cl3N5OS. The van der Waals surface area contributed by atoms with Gasteiger partial charge in [0.1, 0.15) is 6.17 Å². The predicted octanol–water partition coefficient (Wildman–Crippen LogP) is 7.44. The minimum Gasteiger partial charge on any atom is -0.339 e. The monoisotopic (exact) mass is 547 g/mol. The molecule has 0 bridgehead atoms. The molecule has 0 saturated carbocycles. The van der Waals surface area contributed by atoms with E-state index >= 15 is 0 Å². The van der Waals surface area contributed by atoms with E-state index in [0.29, 0.717) is 11.3 Å². The van der Waals surface area contributed by atoms with Gasteiger partial charge in [-0.3, -0.25) is 4.79 Å². The van der Waals surface area contributed by atoms with Crippen molar-refractivity contribution in [2.75, 3.05) is 5.32 Å². The Kier molecular flexibility index (Phi) is 9.08. The first kappa shape index (κ1) is 26.9. The lowest BCUT2D eigenvalue weighted by atomic mass is 10.1. The van der Waals surface area contributed by atoms with Crippen molar-refractivity contribution in [3.8, 4) is 0 Å². The molecule has 10 heteroatoms. The number of carbonyl (C=O) groups excluding carboxylic acids is 1. The molecule has 0 saturated heterocycles. The van der Waals surface area contributed by atoms with Gasteiger partial charge in [0.15, 0.2) is 5.11 Å². The van der Waals surface area contributed by atoms with Crippen LogP contribution in [0.1, 0.15) is 27.0 Å². The maximum absolute atomic E-state index is 12.6. The molecule has 1 atom stereocenters. The number of aryl methyl sites for hydroxylation is 3. The van der Waals surface area contributed by atoms with E-state index in [1.165, 1.54) is 0 Å². The Morgan fingerprint density at radius 3 is 2.20 bits per heavy atom. The fourth-order valence-corrected chi connectivity index (χ4v) is 3.60. The van der Waals surface area contributed by atoms with E-state index < -0.39 is 15.9 Å². The molecule has 0 aliphatic carbocycles. The number of benzene rings is 3. The average Bonchev–Trinajstić information content (AvgIpc) is 2.79. The third kappa shape index (κ3) is 7.90. The number of rotatable bonds is 6. The summed E-state index contributed by atoms with van der Waals surface area (Å²) in [5, 5.41) is 17.4. The molecule has 0 radical (unpaired) electrons. The highest BCUT2D eigenvalue weighted by Crippen LogP contribution is 2.30. The summed E-state index contributed by atoms with van der Waals surface area (Å²) >= 11 is 23.7. The van der Waals surface area contributed by atoms with Crippen LogP contribution in [0, 0.1) is 20.8 Å². The number of hydrogen-bond donors (Lipinski definition) is 3. The highest BCUT2D eigenvalue weighted by atomic mass is 35.6. The second kappa shape index (κ2) is 11.8. The Balaban J connectivity index is 1.66. The molecule has 0 aliphatic rings. The molecule has 0 heterocycles. The molecule has 3 aromatic rings. The van der Waals surface area contributed by atoms with Crippen LogP contribution in [-0.2, 0) is 0 Å². The van der Waals surface area contributed by atoms with Crippen molar-refractivity contribution >= 4 is 75.1 Å². The minimum absolute atomic E-state index is 0.169. The Hall–Kier alpha value is -2.71. The zero-order valence-corrected chi connectivity index (χ0v) is 22.4. The van der Waals surface area contributed by atoms with Crippen molar-refractivity contribution < 1.29 is 4.79 Å². The number of azo groups is 1. The summed E-state index contributed by atoms with van der Waals surface area (Å²) in [6, 6.07) is 20.3. The lowest BCUT2D eigenvalue weighted by molar-refractivity contribution is 0.0934. The summed E-state index contributed by atoms with van der Waals surface area (Å²) in [5.74, 6) is -0.406. The molecule has 1 amide bonds. The van der Waals surface area contributed by atoms with E-state index in [4.69, 9.17) is 47.0 Å². The molecule has 3 N–H and O–H groups in total. The van der Waals surface area contributed by atoms with Crippen LogP contribution in [0.15, 0.2) is 77.0 Å². The van der Waals surface area contributed by atoms with Gasteiger partial charge in [-0.05, 0) is 80.5 Å². The minimum atomic E-state index is -1.86. The second-order valence-electron chi connectivity index (χ2n) is 7.90. The maximum atomic E-state index is 12.6. The molecular weight excluding hydrogens is 525 g/mol. The van der Waals surface area contributed by atoms with Gasteiger partial charge < -0.3 is 16.0 Å². The third-order valence-electron chi connectivity index (χ3n) is 5.04. The first-order chi connectivity index (χ1) is 16.5. The molecule has 0 spiro atoms. The van der Waals surface area contributed by atoms with E-state index in [2.05, 4.69) is 26.2 Å². The highest BCUT2D eigenvalue weighted by molar-refractivity contribution is 7.80. The van der Waals surface area contributed by atoms with Crippen molar-refractivity contribution in [2.24, 2.45) is 10.2 Å². The van der Waals surface area contributed by atoms with Crippen molar-refractivity contribution in [3.05, 3.63) is 89.0 Å². The number of alkyl halides is 3. The molecule has 6 nitrogen and oxygen atoms in total. The van der Waals surface area contributed by atoms with Crippen LogP contribution in [0.2, 0.25) is 0 Å². The zero-order valence-electron chi connectivity index (χ0n) is 19.3. The Morgan fingerprint density at radius 2 is 1.57 bits per heavy atom. The van der Waals surface area contributed by atoms with E-state index in [9.17, 15) is 4.79 Å². The number of hydrogen-bond acceptors (Lipinski definition) is 4. The predicted molar refractivity (Wildman–Crippen MR) is 149 cm³/mol. The maximum Gasteiger partial charge on any atom is 0.252 e. The summed E-state index contributed by atoms with van der Waals surface area (Å²) in [5.41, 5.74) is 5.61. The van der Waals surface area contributed by atoms with Crippen molar-refractivity contribution in [3.63, 3.8) is 0 Å². The fraction of sp³-hybridized carbons (Fsp3) is 0.200. The molecule has 0 fully saturated rings. The van der Waals surface area contributed by atoms with Gasteiger partial charge in [0.25, 0.3) is 5.91 Å². The lowest BCUT2D eigenvalue weighted by Crippen LogP contribution is -2.56. The van der Waals surface area contributed by atoms with E-state index in [1.807, 2.05) is 75.4 Å². The Labute approximate surface area is 225 Å². The number of carbonyl (C=O) groups is 1. The van der Waals surface area contributed by atoms with Gasteiger partial charge in [0.05, 0.1) is 11.4 Å². The van der Waals surface area contributed by atoms with Crippen LogP contribution in [0.3, 0.4) is 0 Å². The van der Waals surface area contributed by atoms with E-state index in [0.717, 1.165) is 28.1 Å². The Bertz CT molecular complexity index is 1240. The van der Waals surface area contributed by atoms with Crippen LogP contribution in [0.25, 0.3) is 0 Å².